The molecule has 31 heavy (non-hydrogen) atoms. The monoisotopic (exact) mass is 459 g/mol. The third-order valence-corrected chi connectivity index (χ3v) is 6.30. The highest BCUT2D eigenvalue weighted by atomic mass is 35.5. The highest BCUT2D eigenvalue weighted by Gasteiger charge is 2.21. The second kappa shape index (κ2) is 12.1. The van der Waals surface area contributed by atoms with Gasteiger partial charge >= 0.3 is 0 Å². The minimum atomic E-state index is 0.123. The molecule has 0 saturated carbocycles. The quantitative estimate of drug-likeness (QED) is 0.322. The topological polar surface area (TPSA) is 52.6 Å². The van der Waals surface area contributed by atoms with Crippen molar-refractivity contribution in [2.45, 2.75) is 19.0 Å². The van der Waals surface area contributed by atoms with Crippen LogP contribution in [0.3, 0.4) is 0 Å². The molecule has 1 amide bonds. The molecule has 0 atom stereocenters. The van der Waals surface area contributed by atoms with Gasteiger partial charge in [-0.3, -0.25) is 9.69 Å². The maximum atomic E-state index is 12.7. The van der Waals surface area contributed by atoms with Crippen molar-refractivity contribution >= 4 is 41.2 Å². The standard InChI is InChI=1S/C23H30ClN5OS/c1-3-28(4-2)21-17-20(24)25-23(26-21)31-18-22(30)29-15-13-27(14-16-29)12-8-11-19-9-6-5-7-10-19/h5-11,17H,3-4,12-16,18H2,1-2H3/b11-8+. The van der Waals surface area contributed by atoms with Gasteiger partial charge in [0.25, 0.3) is 0 Å². The van der Waals surface area contributed by atoms with Crippen molar-refractivity contribution in [1.82, 2.24) is 19.8 Å². The van der Waals surface area contributed by atoms with E-state index < -0.39 is 0 Å². The number of aromatic nitrogens is 2. The first kappa shape index (κ1) is 23.6. The first-order valence-corrected chi connectivity index (χ1v) is 12.1. The lowest BCUT2D eigenvalue weighted by molar-refractivity contribution is -0.130. The van der Waals surface area contributed by atoms with E-state index >= 15 is 0 Å². The van der Waals surface area contributed by atoms with Crippen LogP contribution < -0.4 is 4.90 Å². The third-order valence-electron chi connectivity index (χ3n) is 5.27. The van der Waals surface area contributed by atoms with Crippen molar-refractivity contribution in [3.63, 3.8) is 0 Å². The first-order valence-electron chi connectivity index (χ1n) is 10.7. The average Bonchev–Trinajstić information content (AvgIpc) is 2.79. The fourth-order valence-corrected chi connectivity index (χ4v) is 4.44. The van der Waals surface area contributed by atoms with Gasteiger partial charge in [0.2, 0.25) is 5.91 Å². The number of hydrogen-bond donors (Lipinski definition) is 0. The summed E-state index contributed by atoms with van der Waals surface area (Å²) in [6.45, 7) is 10.0. The Hall–Kier alpha value is -2.09. The van der Waals surface area contributed by atoms with Gasteiger partial charge in [-0.05, 0) is 19.4 Å². The van der Waals surface area contributed by atoms with Crippen LogP contribution >= 0.6 is 23.4 Å². The van der Waals surface area contributed by atoms with Gasteiger partial charge in [-0.25, -0.2) is 9.97 Å². The number of carbonyl (C=O) groups is 1. The fraction of sp³-hybridized carbons (Fsp3) is 0.435. The number of halogens is 1. The Bertz CT molecular complexity index is 868. The van der Waals surface area contributed by atoms with Crippen LogP contribution in [0.1, 0.15) is 19.4 Å². The highest BCUT2D eigenvalue weighted by molar-refractivity contribution is 7.99. The van der Waals surface area contributed by atoms with Crippen LogP contribution in [0.4, 0.5) is 5.82 Å². The summed E-state index contributed by atoms with van der Waals surface area (Å²) in [7, 11) is 0. The molecular weight excluding hydrogens is 430 g/mol. The van der Waals surface area contributed by atoms with E-state index in [1.807, 2.05) is 23.1 Å². The molecule has 2 heterocycles. The molecule has 0 aliphatic carbocycles. The van der Waals surface area contributed by atoms with Gasteiger partial charge < -0.3 is 9.80 Å². The molecule has 0 unspecified atom stereocenters. The Labute approximate surface area is 194 Å². The summed E-state index contributed by atoms with van der Waals surface area (Å²) in [6.07, 6.45) is 4.33. The van der Waals surface area contributed by atoms with E-state index in [2.05, 4.69) is 57.9 Å². The number of hydrogen-bond acceptors (Lipinski definition) is 6. The lowest BCUT2D eigenvalue weighted by atomic mass is 10.2. The molecule has 3 rings (SSSR count). The predicted molar refractivity (Wildman–Crippen MR) is 130 cm³/mol. The lowest BCUT2D eigenvalue weighted by Crippen LogP contribution is -2.49. The molecule has 0 spiro atoms. The molecule has 166 valence electrons. The molecule has 2 aromatic rings. The minimum absolute atomic E-state index is 0.123. The maximum Gasteiger partial charge on any atom is 0.233 e. The maximum absolute atomic E-state index is 12.7. The van der Waals surface area contributed by atoms with Gasteiger partial charge in [-0.15, -0.1) is 0 Å². The summed E-state index contributed by atoms with van der Waals surface area (Å²) in [5.41, 5.74) is 1.21. The van der Waals surface area contributed by atoms with E-state index in [1.54, 1.807) is 6.07 Å². The number of carbonyl (C=O) groups excluding carboxylic acids is 1. The highest BCUT2D eigenvalue weighted by Crippen LogP contribution is 2.22. The van der Waals surface area contributed by atoms with Crippen LogP contribution in [-0.4, -0.2) is 77.2 Å². The zero-order valence-electron chi connectivity index (χ0n) is 18.2. The molecule has 0 N–H and O–H groups in total. The van der Waals surface area contributed by atoms with Gasteiger partial charge in [0.1, 0.15) is 11.0 Å². The number of piperazine rings is 1. The van der Waals surface area contributed by atoms with Gasteiger partial charge in [0.05, 0.1) is 5.75 Å². The van der Waals surface area contributed by atoms with E-state index in [9.17, 15) is 4.79 Å². The minimum Gasteiger partial charge on any atom is -0.357 e. The SMILES string of the molecule is CCN(CC)c1cc(Cl)nc(SCC(=O)N2CCN(C/C=C/c3ccccc3)CC2)n1. The Morgan fingerprint density at radius 1 is 1.13 bits per heavy atom. The van der Waals surface area contributed by atoms with Crippen molar-refractivity contribution in [2.75, 3.05) is 56.5 Å². The summed E-state index contributed by atoms with van der Waals surface area (Å²) in [4.78, 5) is 27.9. The summed E-state index contributed by atoms with van der Waals surface area (Å²) < 4.78 is 0. The van der Waals surface area contributed by atoms with Crippen molar-refractivity contribution in [1.29, 1.82) is 0 Å². The fourth-order valence-electron chi connectivity index (χ4n) is 3.46. The normalized spacial score (nSPS) is 14.9. The predicted octanol–water partition coefficient (Wildman–Crippen LogP) is 3.93. The van der Waals surface area contributed by atoms with Crippen LogP contribution in [-0.2, 0) is 4.79 Å². The van der Waals surface area contributed by atoms with Crippen molar-refractivity contribution in [3.05, 3.63) is 53.2 Å². The number of amides is 1. The number of thioether (sulfide) groups is 1. The lowest BCUT2D eigenvalue weighted by Gasteiger charge is -2.34. The molecule has 8 heteroatoms. The number of anilines is 1. The van der Waals surface area contributed by atoms with E-state index in [1.165, 1.54) is 17.3 Å². The molecule has 0 radical (unpaired) electrons. The number of rotatable bonds is 9. The summed E-state index contributed by atoms with van der Waals surface area (Å²) in [5.74, 6) is 1.25. The molecule has 1 aromatic heterocycles. The van der Waals surface area contributed by atoms with Crippen LogP contribution in [0.15, 0.2) is 47.6 Å². The zero-order chi connectivity index (χ0) is 22.1. The van der Waals surface area contributed by atoms with E-state index in [0.717, 1.165) is 51.6 Å². The third kappa shape index (κ3) is 7.23. The van der Waals surface area contributed by atoms with Crippen molar-refractivity contribution in [3.8, 4) is 0 Å². The van der Waals surface area contributed by atoms with E-state index in [4.69, 9.17) is 11.6 Å². The molecule has 0 bridgehead atoms. The average molecular weight is 460 g/mol. The van der Waals surface area contributed by atoms with Crippen molar-refractivity contribution < 1.29 is 4.79 Å². The summed E-state index contributed by atoms with van der Waals surface area (Å²) in [6, 6.07) is 12.1. The van der Waals surface area contributed by atoms with Crippen molar-refractivity contribution in [2.24, 2.45) is 0 Å². The smallest absolute Gasteiger partial charge is 0.233 e. The first-order chi connectivity index (χ1) is 15.1. The summed E-state index contributed by atoms with van der Waals surface area (Å²) in [5, 5.41) is 0.955. The van der Waals surface area contributed by atoms with Crippen LogP contribution in [0, 0.1) is 0 Å². The molecule has 1 aromatic carbocycles. The molecular formula is C23H30ClN5OS. The number of benzene rings is 1. The Morgan fingerprint density at radius 3 is 2.52 bits per heavy atom. The van der Waals surface area contributed by atoms with E-state index in [0.29, 0.717) is 16.1 Å². The Morgan fingerprint density at radius 2 is 1.84 bits per heavy atom. The molecule has 1 aliphatic heterocycles. The largest absolute Gasteiger partial charge is 0.357 e. The van der Waals surface area contributed by atoms with Gasteiger partial charge in [-0.1, -0.05) is 65.8 Å². The van der Waals surface area contributed by atoms with Gasteiger partial charge in [-0.2, -0.15) is 0 Å². The molecule has 1 fully saturated rings. The second-order valence-corrected chi connectivity index (χ2v) is 8.62. The number of nitrogens with zero attached hydrogens (tertiary/aromatic N) is 5. The second-order valence-electron chi connectivity index (χ2n) is 7.29. The molecule has 6 nitrogen and oxygen atoms in total. The van der Waals surface area contributed by atoms with Crippen LogP contribution in [0.2, 0.25) is 5.15 Å². The molecule has 1 aliphatic rings. The Balaban J connectivity index is 1.44. The van der Waals surface area contributed by atoms with Gasteiger partial charge in [0, 0.05) is 51.9 Å². The Kier molecular flexibility index (Phi) is 9.18. The van der Waals surface area contributed by atoms with Crippen LogP contribution in [0.25, 0.3) is 6.08 Å². The molecule has 1 saturated heterocycles. The van der Waals surface area contributed by atoms with E-state index in [-0.39, 0.29) is 5.91 Å². The summed E-state index contributed by atoms with van der Waals surface area (Å²) >= 11 is 7.52. The zero-order valence-corrected chi connectivity index (χ0v) is 19.8. The van der Waals surface area contributed by atoms with Gasteiger partial charge in [0.15, 0.2) is 5.16 Å². The van der Waals surface area contributed by atoms with Crippen LogP contribution in [0.5, 0.6) is 0 Å².